The zero-order valence-corrected chi connectivity index (χ0v) is 38.5. The molecule has 69 heavy (non-hydrogen) atoms. The standard InChI is InChI=1S/C49H51F3N10O6S/c50-32-9-17-61(27-32)69(67,68)57-39-5-4-38(51)43(44(39)52)45(64)37-25-55-46-36(37)22-30(24-54-46)29-1-7-41(53-23-29)59-18-12-49(13-19-59)14-20-60(28-49)33-10-15-58(16-11-33)34-2-3-35-31(21-34)26-62(48(35)66)40-6-8-42(63)56-47(40)65/h1-5,7,21-25,32-33,40,57H,6,8-20,26-28H2,(H,54,55)(H,56,63,65)/t32-,40?/m1/s1. The van der Waals surface area contributed by atoms with Crippen LogP contribution in [0.3, 0.4) is 0 Å². The Morgan fingerprint density at radius 3 is 2.36 bits per heavy atom. The van der Waals surface area contributed by atoms with E-state index in [2.05, 4.69) is 36.1 Å². The van der Waals surface area contributed by atoms with E-state index < -0.39 is 57.0 Å². The first-order valence-corrected chi connectivity index (χ1v) is 25.1. The molecule has 9 heterocycles. The molecule has 0 radical (unpaired) electrons. The van der Waals surface area contributed by atoms with E-state index in [-0.39, 0.29) is 48.7 Å². The summed E-state index contributed by atoms with van der Waals surface area (Å²) in [5.74, 6) is -3.57. The first-order valence-electron chi connectivity index (χ1n) is 23.6. The number of pyridine rings is 2. The molecule has 11 rings (SSSR count). The van der Waals surface area contributed by atoms with Gasteiger partial charge in [0.25, 0.3) is 5.91 Å². The topological polar surface area (TPSA) is 184 Å². The number of nitrogens with one attached hydrogen (secondary N) is 3. The second-order valence-corrected chi connectivity index (χ2v) is 21.0. The fourth-order valence-electron chi connectivity index (χ4n) is 11.3. The average Bonchev–Trinajstić information content (AvgIpc) is 4.16. The molecule has 2 atom stereocenters. The lowest BCUT2D eigenvalue weighted by molar-refractivity contribution is -0.136. The van der Waals surface area contributed by atoms with Crippen molar-refractivity contribution in [2.45, 2.75) is 76.2 Å². The Bertz CT molecular complexity index is 3010. The number of aromatic amines is 1. The van der Waals surface area contributed by atoms with Crippen LogP contribution in [0, 0.1) is 17.0 Å². The van der Waals surface area contributed by atoms with Crippen LogP contribution in [0.4, 0.5) is 30.4 Å². The highest BCUT2D eigenvalue weighted by molar-refractivity contribution is 7.90. The molecule has 16 nitrogen and oxygen atoms in total. The number of likely N-dealkylation sites (tertiary alicyclic amines) is 1. The Hall–Kier alpha value is -6.38. The molecule has 1 spiro atoms. The van der Waals surface area contributed by atoms with Crippen LogP contribution < -0.4 is 19.8 Å². The zero-order valence-electron chi connectivity index (χ0n) is 37.7. The van der Waals surface area contributed by atoms with E-state index in [1.54, 1.807) is 23.4 Å². The number of anilines is 3. The maximum atomic E-state index is 15.8. The van der Waals surface area contributed by atoms with Gasteiger partial charge in [0.1, 0.15) is 29.5 Å². The smallest absolute Gasteiger partial charge is 0.301 e. The molecule has 1 unspecified atom stereocenters. The van der Waals surface area contributed by atoms with Gasteiger partial charge in [0, 0.05) is 117 Å². The Kier molecular flexibility index (Phi) is 11.5. The minimum Gasteiger partial charge on any atom is -0.371 e. The van der Waals surface area contributed by atoms with Gasteiger partial charge in [-0.1, -0.05) is 0 Å². The minimum atomic E-state index is -4.36. The molecule has 3 amide bonds. The van der Waals surface area contributed by atoms with E-state index in [0.717, 1.165) is 104 Å². The third-order valence-electron chi connectivity index (χ3n) is 15.3. The number of benzene rings is 2. The molecular formula is C49H51F3N10O6S. The molecule has 3 aromatic heterocycles. The Morgan fingerprint density at radius 2 is 1.62 bits per heavy atom. The van der Waals surface area contributed by atoms with E-state index in [9.17, 15) is 32.0 Å². The van der Waals surface area contributed by atoms with Crippen molar-refractivity contribution in [3.63, 3.8) is 0 Å². The molecule has 360 valence electrons. The van der Waals surface area contributed by atoms with Gasteiger partial charge in [-0.3, -0.25) is 34.1 Å². The van der Waals surface area contributed by atoms with E-state index in [0.29, 0.717) is 41.2 Å². The molecular weight excluding hydrogens is 914 g/mol. The number of fused-ring (bicyclic) bond motifs is 2. The van der Waals surface area contributed by atoms with Crippen molar-refractivity contribution in [2.24, 2.45) is 5.41 Å². The number of carbonyl (C=O) groups is 4. The van der Waals surface area contributed by atoms with Crippen LogP contribution in [0.15, 0.2) is 67.1 Å². The number of hydrogen-bond acceptors (Lipinski definition) is 11. The molecule has 5 saturated heterocycles. The van der Waals surface area contributed by atoms with Crippen LogP contribution in [-0.2, 0) is 26.3 Å². The van der Waals surface area contributed by atoms with E-state index in [1.165, 1.54) is 12.6 Å². The van der Waals surface area contributed by atoms with Crippen LogP contribution in [0.1, 0.15) is 83.2 Å². The Labute approximate surface area is 396 Å². The van der Waals surface area contributed by atoms with Gasteiger partial charge in [-0.2, -0.15) is 12.7 Å². The predicted octanol–water partition coefficient (Wildman–Crippen LogP) is 5.56. The van der Waals surface area contributed by atoms with Crippen LogP contribution in [-0.4, -0.2) is 132 Å². The quantitative estimate of drug-likeness (QED) is 0.118. The van der Waals surface area contributed by atoms with Crippen molar-refractivity contribution in [3.05, 3.63) is 101 Å². The highest BCUT2D eigenvalue weighted by atomic mass is 32.2. The highest BCUT2D eigenvalue weighted by Gasteiger charge is 2.44. The first-order chi connectivity index (χ1) is 33.2. The fourth-order valence-corrected chi connectivity index (χ4v) is 12.6. The van der Waals surface area contributed by atoms with Gasteiger partial charge in [-0.05, 0) is 111 Å². The maximum absolute atomic E-state index is 15.8. The molecule has 5 fully saturated rings. The van der Waals surface area contributed by atoms with Gasteiger partial charge in [0.15, 0.2) is 5.82 Å². The monoisotopic (exact) mass is 964 g/mol. The number of ketones is 1. The second-order valence-electron chi connectivity index (χ2n) is 19.4. The molecule has 2 aromatic carbocycles. The SMILES string of the molecule is O=C1CCC(N2Cc3cc(N4CCC(N5CCC6(CCN(c7ccc(-c8cnc9[nH]cc(C(=O)c%10c(F)ccc(NS(=O)(=O)N%11CC[C@@H](F)C%11)c%10F)c9c8)cn7)CC6)C5)CC4)ccc3C2=O)C(=O)N1. The summed E-state index contributed by atoms with van der Waals surface area (Å²) in [7, 11) is -4.36. The maximum Gasteiger partial charge on any atom is 0.301 e. The van der Waals surface area contributed by atoms with Gasteiger partial charge in [0.2, 0.25) is 17.6 Å². The summed E-state index contributed by atoms with van der Waals surface area (Å²) < 4.78 is 73.3. The van der Waals surface area contributed by atoms with Gasteiger partial charge in [-0.15, -0.1) is 0 Å². The minimum absolute atomic E-state index is 0.00139. The normalized spacial score (nSPS) is 22.5. The number of imide groups is 1. The number of piperidine rings is 3. The lowest BCUT2D eigenvalue weighted by atomic mass is 9.77. The second kappa shape index (κ2) is 17.5. The van der Waals surface area contributed by atoms with Crippen LogP contribution in [0.25, 0.3) is 22.2 Å². The van der Waals surface area contributed by atoms with Crippen LogP contribution in [0.5, 0.6) is 0 Å². The Balaban J connectivity index is 0.692. The third-order valence-corrected chi connectivity index (χ3v) is 16.8. The largest absolute Gasteiger partial charge is 0.371 e. The summed E-state index contributed by atoms with van der Waals surface area (Å²) in [5, 5.41) is 2.69. The summed E-state index contributed by atoms with van der Waals surface area (Å²) in [6, 6.07) is 13.2. The van der Waals surface area contributed by atoms with E-state index >= 15 is 8.78 Å². The van der Waals surface area contributed by atoms with Crippen molar-refractivity contribution in [2.75, 3.05) is 66.9 Å². The Morgan fingerprint density at radius 1 is 0.841 bits per heavy atom. The summed E-state index contributed by atoms with van der Waals surface area (Å²) >= 11 is 0. The number of halogens is 3. The van der Waals surface area contributed by atoms with E-state index in [1.807, 2.05) is 29.0 Å². The predicted molar refractivity (Wildman–Crippen MR) is 251 cm³/mol. The zero-order chi connectivity index (χ0) is 47.8. The van der Waals surface area contributed by atoms with Crippen molar-refractivity contribution < 1.29 is 40.8 Å². The van der Waals surface area contributed by atoms with Crippen molar-refractivity contribution >= 4 is 61.9 Å². The van der Waals surface area contributed by atoms with Gasteiger partial charge in [-0.25, -0.2) is 23.1 Å². The summed E-state index contributed by atoms with van der Waals surface area (Å²) in [5.41, 5.74) is 2.95. The van der Waals surface area contributed by atoms with Crippen LogP contribution in [0.2, 0.25) is 0 Å². The number of H-pyrrole nitrogens is 1. The summed E-state index contributed by atoms with van der Waals surface area (Å²) in [6.07, 6.45) is 9.32. The third kappa shape index (κ3) is 8.39. The molecule has 20 heteroatoms. The number of carbonyl (C=O) groups excluding carboxylic acids is 4. The lowest BCUT2D eigenvalue weighted by Gasteiger charge is -2.42. The number of hydrogen-bond donors (Lipinski definition) is 3. The average molecular weight is 965 g/mol. The number of alkyl halides is 1. The van der Waals surface area contributed by atoms with Gasteiger partial charge < -0.3 is 19.7 Å². The molecule has 3 N–H and O–H groups in total. The summed E-state index contributed by atoms with van der Waals surface area (Å²) in [4.78, 5) is 72.4. The lowest BCUT2D eigenvalue weighted by Crippen LogP contribution is -2.52. The van der Waals surface area contributed by atoms with Gasteiger partial charge in [0.05, 0.1) is 11.3 Å². The molecule has 5 aromatic rings. The van der Waals surface area contributed by atoms with Crippen molar-refractivity contribution in [1.82, 2.24) is 34.4 Å². The molecule has 0 saturated carbocycles. The van der Waals surface area contributed by atoms with Crippen molar-refractivity contribution in [3.8, 4) is 11.1 Å². The molecule has 6 aliphatic rings. The number of amides is 3. The molecule has 0 aliphatic carbocycles. The number of rotatable bonds is 10. The number of aromatic nitrogens is 3. The first kappa shape index (κ1) is 45.1. The molecule has 0 bridgehead atoms. The van der Waals surface area contributed by atoms with Crippen LogP contribution >= 0.6 is 0 Å². The fraction of sp³-hybridized carbons (Fsp3) is 0.429. The summed E-state index contributed by atoms with van der Waals surface area (Å²) in [6.45, 7) is 5.67. The highest BCUT2D eigenvalue weighted by Crippen LogP contribution is 2.43. The van der Waals surface area contributed by atoms with E-state index in [4.69, 9.17) is 4.98 Å². The van der Waals surface area contributed by atoms with Crippen molar-refractivity contribution in [1.29, 1.82) is 0 Å². The van der Waals surface area contributed by atoms with Gasteiger partial charge >= 0.3 is 10.2 Å². The molecule has 6 aliphatic heterocycles. The number of nitrogens with zero attached hydrogens (tertiary/aromatic N) is 7.